The fraction of sp³-hybridized carbons (Fsp3) is 0.128. The quantitative estimate of drug-likeness (QED) is 0.178. The molecule has 0 saturated heterocycles. The summed E-state index contributed by atoms with van der Waals surface area (Å²) in [6.07, 6.45) is 16.9. The molecule has 5 aromatic carbocycles. The summed E-state index contributed by atoms with van der Waals surface area (Å²) in [4.78, 5) is 5.27. The Morgan fingerprint density at radius 1 is 0.600 bits per heavy atom. The fourth-order valence-corrected chi connectivity index (χ4v) is 8.49. The van der Waals surface area contributed by atoms with Crippen LogP contribution in [0.1, 0.15) is 59.7 Å². The van der Waals surface area contributed by atoms with Crippen molar-refractivity contribution in [2.75, 3.05) is 0 Å². The van der Waals surface area contributed by atoms with Crippen molar-refractivity contribution in [2.45, 2.75) is 38.1 Å². The Morgan fingerprint density at radius 2 is 1.32 bits per heavy atom. The fourth-order valence-electron chi connectivity index (χ4n) is 8.49. The monoisotopic (exact) mass is 643 g/mol. The van der Waals surface area contributed by atoms with Crippen molar-refractivity contribution in [3.63, 3.8) is 0 Å². The Hall–Kier alpha value is -5.93. The Morgan fingerprint density at radius 3 is 2.12 bits per heavy atom. The molecule has 3 heterocycles. The topological polar surface area (TPSA) is 22.2 Å². The van der Waals surface area contributed by atoms with Gasteiger partial charge in [0.05, 0.1) is 28.5 Å². The van der Waals surface area contributed by atoms with Crippen molar-refractivity contribution >= 4 is 61.5 Å². The van der Waals surface area contributed by atoms with Gasteiger partial charge >= 0.3 is 0 Å². The van der Waals surface area contributed by atoms with E-state index < -0.39 is 0 Å². The highest BCUT2D eigenvalue weighted by atomic mass is 15.0. The number of para-hydroxylation sites is 2. The first-order chi connectivity index (χ1) is 24.8. The van der Waals surface area contributed by atoms with E-state index in [1.807, 2.05) is 0 Å². The van der Waals surface area contributed by atoms with Crippen LogP contribution in [0, 0.1) is 0 Å². The Labute approximate surface area is 292 Å². The van der Waals surface area contributed by atoms with E-state index >= 15 is 0 Å². The summed E-state index contributed by atoms with van der Waals surface area (Å²) < 4.78 is 5.05. The molecule has 1 atom stereocenters. The minimum Gasteiger partial charge on any atom is -0.333 e. The summed E-state index contributed by atoms with van der Waals surface area (Å²) in [7, 11) is 0. The van der Waals surface area contributed by atoms with Crippen molar-refractivity contribution in [1.82, 2.24) is 9.13 Å². The number of hydrogen-bond donors (Lipinski definition) is 0. The molecule has 0 bridgehead atoms. The van der Waals surface area contributed by atoms with Gasteiger partial charge in [0, 0.05) is 39.5 Å². The maximum absolute atomic E-state index is 5.27. The van der Waals surface area contributed by atoms with E-state index in [4.69, 9.17) is 4.99 Å². The highest BCUT2D eigenvalue weighted by Crippen LogP contribution is 2.43. The third-order valence-corrected chi connectivity index (χ3v) is 10.8. The predicted molar refractivity (Wildman–Crippen MR) is 211 cm³/mol. The maximum Gasteiger partial charge on any atom is 0.0686 e. The van der Waals surface area contributed by atoms with E-state index in [-0.39, 0.29) is 6.04 Å². The first-order valence-electron chi connectivity index (χ1n) is 17.9. The lowest BCUT2D eigenvalue weighted by Gasteiger charge is -2.26. The Bertz CT molecular complexity index is 2600. The van der Waals surface area contributed by atoms with Crippen LogP contribution in [-0.2, 0) is 6.42 Å². The molecule has 0 N–H and O–H groups in total. The van der Waals surface area contributed by atoms with Gasteiger partial charge in [0.1, 0.15) is 0 Å². The number of aliphatic imine (C=N–C) groups is 1. The average molecular weight is 644 g/mol. The van der Waals surface area contributed by atoms with Crippen molar-refractivity contribution in [2.24, 2.45) is 4.99 Å². The van der Waals surface area contributed by atoms with E-state index in [2.05, 4.69) is 167 Å². The number of fused-ring (bicyclic) bond motifs is 6. The highest BCUT2D eigenvalue weighted by molar-refractivity contribution is 6.12. The summed E-state index contributed by atoms with van der Waals surface area (Å²) in [5, 5.41) is 3.99. The molecule has 7 aromatic rings. The van der Waals surface area contributed by atoms with Gasteiger partial charge in [0.2, 0.25) is 0 Å². The maximum atomic E-state index is 5.27. The van der Waals surface area contributed by atoms with Crippen molar-refractivity contribution in [3.05, 3.63) is 180 Å². The summed E-state index contributed by atoms with van der Waals surface area (Å²) in [6.45, 7) is 0. The highest BCUT2D eigenvalue weighted by Gasteiger charge is 2.28. The smallest absolute Gasteiger partial charge is 0.0686 e. The molecule has 240 valence electrons. The molecule has 0 spiro atoms. The van der Waals surface area contributed by atoms with E-state index in [0.29, 0.717) is 0 Å². The van der Waals surface area contributed by atoms with E-state index in [9.17, 15) is 0 Å². The van der Waals surface area contributed by atoms with Gasteiger partial charge in [-0.05, 0) is 96.0 Å². The van der Waals surface area contributed by atoms with Gasteiger partial charge in [-0.3, -0.25) is 4.99 Å². The zero-order valence-electron chi connectivity index (χ0n) is 28.0. The molecule has 3 nitrogen and oxygen atoms in total. The van der Waals surface area contributed by atoms with Crippen molar-refractivity contribution in [3.8, 4) is 0 Å². The van der Waals surface area contributed by atoms with Crippen LogP contribution in [0.3, 0.4) is 0 Å². The summed E-state index contributed by atoms with van der Waals surface area (Å²) in [5.41, 5.74) is 15.1. The minimum absolute atomic E-state index is 0.124. The lowest BCUT2D eigenvalue weighted by Crippen LogP contribution is -2.18. The second-order valence-electron chi connectivity index (χ2n) is 13.7. The molecular formula is C47H37N3. The third-order valence-electron chi connectivity index (χ3n) is 10.8. The standard InChI is InChI=1S/C47H37N3/c1-4-14-32(15-5-1)42-30-37(31-43(48-42)33-16-6-2-7-17-33)50-44-22-12-10-20-38(44)40-26-24-35(29-47(40)50)34-25-27-46-41(28-34)39-21-11-13-23-45(39)49(46)36-18-8-3-9-19-36/h1-2,4-8,10-23,25,27-30,37H,3,9,24,26,31H2. The summed E-state index contributed by atoms with van der Waals surface area (Å²) in [6, 6.07) is 46.5. The van der Waals surface area contributed by atoms with Crippen LogP contribution >= 0.6 is 0 Å². The number of benzene rings is 5. The van der Waals surface area contributed by atoms with Gasteiger partial charge < -0.3 is 9.13 Å². The first kappa shape index (κ1) is 29.0. The summed E-state index contributed by atoms with van der Waals surface area (Å²) >= 11 is 0. The normalized spacial score (nSPS) is 17.4. The number of aromatic nitrogens is 2. The Kier molecular flexibility index (Phi) is 6.90. The molecule has 2 aliphatic carbocycles. The van der Waals surface area contributed by atoms with E-state index in [1.165, 1.54) is 66.4 Å². The lowest BCUT2D eigenvalue weighted by molar-refractivity contribution is 0.636. The van der Waals surface area contributed by atoms with Gasteiger partial charge in [0.25, 0.3) is 0 Å². The zero-order chi connectivity index (χ0) is 33.0. The molecular weight excluding hydrogens is 607 g/mol. The zero-order valence-corrected chi connectivity index (χ0v) is 28.0. The average Bonchev–Trinajstić information content (AvgIpc) is 3.71. The molecule has 0 amide bonds. The number of rotatable bonds is 5. The molecule has 2 aromatic heterocycles. The summed E-state index contributed by atoms with van der Waals surface area (Å²) in [5.74, 6) is 0. The number of allylic oxidation sites excluding steroid dienone is 6. The molecule has 50 heavy (non-hydrogen) atoms. The van der Waals surface area contributed by atoms with Crippen LogP contribution in [0.5, 0.6) is 0 Å². The molecule has 3 aliphatic rings. The number of hydrogen-bond acceptors (Lipinski definition) is 1. The van der Waals surface area contributed by atoms with Crippen LogP contribution in [-0.4, -0.2) is 14.8 Å². The molecule has 0 fully saturated rings. The second kappa shape index (κ2) is 11.9. The van der Waals surface area contributed by atoms with Gasteiger partial charge in [-0.15, -0.1) is 0 Å². The molecule has 0 radical (unpaired) electrons. The van der Waals surface area contributed by atoms with Crippen LogP contribution in [0.15, 0.2) is 157 Å². The molecule has 10 rings (SSSR count). The van der Waals surface area contributed by atoms with Crippen LogP contribution in [0.25, 0.3) is 55.8 Å². The van der Waals surface area contributed by atoms with Crippen molar-refractivity contribution < 1.29 is 0 Å². The lowest BCUT2D eigenvalue weighted by atomic mass is 9.90. The minimum atomic E-state index is 0.124. The molecule has 3 heteroatoms. The van der Waals surface area contributed by atoms with Crippen LogP contribution < -0.4 is 0 Å². The van der Waals surface area contributed by atoms with Crippen LogP contribution in [0.2, 0.25) is 0 Å². The number of nitrogens with zero attached hydrogens (tertiary/aromatic N) is 3. The van der Waals surface area contributed by atoms with Gasteiger partial charge in [-0.25, -0.2) is 0 Å². The van der Waals surface area contributed by atoms with Crippen molar-refractivity contribution in [1.29, 1.82) is 0 Å². The van der Waals surface area contributed by atoms with Gasteiger partial charge in [0.15, 0.2) is 0 Å². The van der Waals surface area contributed by atoms with Gasteiger partial charge in [-0.2, -0.15) is 0 Å². The second-order valence-corrected chi connectivity index (χ2v) is 13.7. The largest absolute Gasteiger partial charge is 0.333 e. The van der Waals surface area contributed by atoms with E-state index in [0.717, 1.165) is 49.1 Å². The predicted octanol–water partition coefficient (Wildman–Crippen LogP) is 11.9. The van der Waals surface area contributed by atoms with Gasteiger partial charge in [-0.1, -0.05) is 115 Å². The molecule has 1 aliphatic heterocycles. The third kappa shape index (κ3) is 4.76. The molecule has 0 saturated carbocycles. The SMILES string of the molecule is C1=CC(n2c3ccccc3c3cc(C4=Cc5c(c6ccccc6n5C5C=C(c6ccccc6)N=C(c6ccccc6)C5)CC4)ccc32)=CCC1. The van der Waals surface area contributed by atoms with Crippen LogP contribution in [0.4, 0.5) is 0 Å². The Balaban J connectivity index is 1.13. The first-order valence-corrected chi connectivity index (χ1v) is 17.9. The molecule has 1 unspecified atom stereocenters. The number of aryl methyl sites for hydroxylation is 1. The van der Waals surface area contributed by atoms with E-state index in [1.54, 1.807) is 0 Å².